The average Bonchev–Trinajstić information content (AvgIpc) is 2.41. The minimum atomic E-state index is 0.683. The Kier molecular flexibility index (Phi) is 5.16. The van der Waals surface area contributed by atoms with E-state index in [1.807, 2.05) is 6.20 Å². The third-order valence-electron chi connectivity index (χ3n) is 3.86. The van der Waals surface area contributed by atoms with Crippen LogP contribution in [0.1, 0.15) is 24.0 Å². The summed E-state index contributed by atoms with van der Waals surface area (Å²) in [5, 5.41) is 0. The Morgan fingerprint density at radius 2 is 2.16 bits per heavy atom. The van der Waals surface area contributed by atoms with Gasteiger partial charge in [0.1, 0.15) is 5.82 Å². The van der Waals surface area contributed by atoms with Crippen LogP contribution in [0.15, 0.2) is 12.3 Å². The predicted octanol–water partition coefficient (Wildman–Crippen LogP) is 1.75. The first-order chi connectivity index (χ1) is 9.24. The van der Waals surface area contributed by atoms with Crippen LogP contribution in [-0.2, 0) is 11.2 Å². The van der Waals surface area contributed by atoms with Gasteiger partial charge in [-0.15, -0.1) is 0 Å². The van der Waals surface area contributed by atoms with E-state index in [9.17, 15) is 0 Å². The topological polar surface area (TPSA) is 51.4 Å². The van der Waals surface area contributed by atoms with Gasteiger partial charge in [-0.25, -0.2) is 4.98 Å². The van der Waals surface area contributed by atoms with Crippen molar-refractivity contribution in [2.45, 2.75) is 26.2 Å². The zero-order valence-corrected chi connectivity index (χ0v) is 12.1. The van der Waals surface area contributed by atoms with E-state index < -0.39 is 0 Å². The highest BCUT2D eigenvalue weighted by Gasteiger charge is 2.21. The highest BCUT2D eigenvalue weighted by atomic mass is 16.5. The Hall–Kier alpha value is -1.13. The van der Waals surface area contributed by atoms with Crippen LogP contribution in [-0.4, -0.2) is 38.3 Å². The van der Waals surface area contributed by atoms with E-state index in [4.69, 9.17) is 10.5 Å². The van der Waals surface area contributed by atoms with Crippen molar-refractivity contribution in [3.05, 3.63) is 23.4 Å². The Labute approximate surface area is 116 Å². The standard InChI is InChI=1S/C15H25N3O/c1-12-9-14(3-6-16)10-17-15(12)18-7-4-13(5-8-18)11-19-2/h9-10,13H,3-8,11,16H2,1-2H3. The van der Waals surface area contributed by atoms with E-state index in [2.05, 4.69) is 22.9 Å². The number of nitrogens with zero attached hydrogens (tertiary/aromatic N) is 2. The van der Waals surface area contributed by atoms with Gasteiger partial charge in [0.05, 0.1) is 0 Å². The molecule has 4 heteroatoms. The summed E-state index contributed by atoms with van der Waals surface area (Å²) in [5.41, 5.74) is 8.08. The van der Waals surface area contributed by atoms with Crippen molar-refractivity contribution in [2.24, 2.45) is 11.7 Å². The van der Waals surface area contributed by atoms with Crippen LogP contribution in [0.25, 0.3) is 0 Å². The number of rotatable bonds is 5. The number of methoxy groups -OCH3 is 1. The molecule has 2 N–H and O–H groups in total. The molecule has 2 rings (SSSR count). The smallest absolute Gasteiger partial charge is 0.131 e. The summed E-state index contributed by atoms with van der Waals surface area (Å²) in [6.45, 7) is 5.87. The SMILES string of the molecule is COCC1CCN(c2ncc(CCN)cc2C)CC1. The van der Waals surface area contributed by atoms with Crippen molar-refractivity contribution in [1.82, 2.24) is 4.98 Å². The molecule has 1 saturated heterocycles. The van der Waals surface area contributed by atoms with Crippen LogP contribution in [0.5, 0.6) is 0 Å². The van der Waals surface area contributed by atoms with E-state index in [-0.39, 0.29) is 0 Å². The van der Waals surface area contributed by atoms with Gasteiger partial charge in [-0.2, -0.15) is 0 Å². The van der Waals surface area contributed by atoms with Gasteiger partial charge in [0, 0.05) is 33.0 Å². The molecular formula is C15H25N3O. The molecule has 0 aliphatic carbocycles. The molecule has 2 heterocycles. The first kappa shape index (κ1) is 14.3. The lowest BCUT2D eigenvalue weighted by atomic mass is 9.97. The molecule has 1 fully saturated rings. The zero-order valence-electron chi connectivity index (χ0n) is 12.1. The molecule has 4 nitrogen and oxygen atoms in total. The van der Waals surface area contributed by atoms with Gasteiger partial charge in [0.2, 0.25) is 0 Å². The van der Waals surface area contributed by atoms with E-state index in [1.54, 1.807) is 7.11 Å². The Morgan fingerprint density at radius 1 is 1.42 bits per heavy atom. The molecule has 0 unspecified atom stereocenters. The van der Waals surface area contributed by atoms with E-state index >= 15 is 0 Å². The first-order valence-electron chi connectivity index (χ1n) is 7.14. The molecule has 0 aromatic carbocycles. The molecule has 106 valence electrons. The molecule has 1 aliphatic heterocycles. The summed E-state index contributed by atoms with van der Waals surface area (Å²) in [7, 11) is 1.79. The number of anilines is 1. The van der Waals surface area contributed by atoms with Crippen molar-refractivity contribution in [1.29, 1.82) is 0 Å². The summed E-state index contributed by atoms with van der Waals surface area (Å²) in [5.74, 6) is 1.84. The fourth-order valence-corrected chi connectivity index (χ4v) is 2.81. The molecule has 19 heavy (non-hydrogen) atoms. The summed E-state index contributed by atoms with van der Waals surface area (Å²) in [4.78, 5) is 7.03. The molecule has 0 bridgehead atoms. The van der Waals surface area contributed by atoms with Gasteiger partial charge < -0.3 is 15.4 Å². The lowest BCUT2D eigenvalue weighted by Gasteiger charge is -2.33. The second kappa shape index (κ2) is 6.87. The van der Waals surface area contributed by atoms with Crippen LogP contribution in [0.3, 0.4) is 0 Å². The second-order valence-corrected chi connectivity index (χ2v) is 5.41. The minimum Gasteiger partial charge on any atom is -0.384 e. The lowest BCUT2D eigenvalue weighted by molar-refractivity contribution is 0.139. The van der Waals surface area contributed by atoms with Gasteiger partial charge in [-0.05, 0) is 49.8 Å². The summed E-state index contributed by atoms with van der Waals surface area (Å²) >= 11 is 0. The Balaban J connectivity index is 1.99. The maximum atomic E-state index is 5.59. The Bertz CT molecular complexity index is 400. The minimum absolute atomic E-state index is 0.683. The first-order valence-corrected chi connectivity index (χ1v) is 7.14. The van der Waals surface area contributed by atoms with Crippen LogP contribution < -0.4 is 10.6 Å². The summed E-state index contributed by atoms with van der Waals surface area (Å²) < 4.78 is 5.24. The Morgan fingerprint density at radius 3 is 2.74 bits per heavy atom. The van der Waals surface area contributed by atoms with Gasteiger partial charge in [0.15, 0.2) is 0 Å². The number of hydrogen-bond acceptors (Lipinski definition) is 4. The van der Waals surface area contributed by atoms with Gasteiger partial charge in [-0.3, -0.25) is 0 Å². The maximum Gasteiger partial charge on any atom is 0.131 e. The molecular weight excluding hydrogens is 238 g/mol. The summed E-state index contributed by atoms with van der Waals surface area (Å²) in [6, 6.07) is 2.22. The van der Waals surface area contributed by atoms with Crippen LogP contribution in [0.4, 0.5) is 5.82 Å². The van der Waals surface area contributed by atoms with E-state index in [0.29, 0.717) is 12.5 Å². The molecule has 1 aromatic heterocycles. The third-order valence-corrected chi connectivity index (χ3v) is 3.86. The van der Waals surface area contributed by atoms with Crippen LogP contribution in [0.2, 0.25) is 0 Å². The number of ether oxygens (including phenoxy) is 1. The van der Waals surface area contributed by atoms with Crippen molar-refractivity contribution in [3.63, 3.8) is 0 Å². The largest absolute Gasteiger partial charge is 0.384 e. The fourth-order valence-electron chi connectivity index (χ4n) is 2.81. The van der Waals surface area contributed by atoms with Crippen LogP contribution in [0, 0.1) is 12.8 Å². The molecule has 1 aliphatic rings. The zero-order chi connectivity index (χ0) is 13.7. The van der Waals surface area contributed by atoms with E-state index in [0.717, 1.165) is 31.9 Å². The van der Waals surface area contributed by atoms with Gasteiger partial charge >= 0.3 is 0 Å². The van der Waals surface area contributed by atoms with Crippen LogP contribution >= 0.6 is 0 Å². The molecule has 0 atom stereocenters. The monoisotopic (exact) mass is 263 g/mol. The number of hydrogen-bond donors (Lipinski definition) is 1. The average molecular weight is 263 g/mol. The van der Waals surface area contributed by atoms with Crippen molar-refractivity contribution in [3.8, 4) is 0 Å². The lowest BCUT2D eigenvalue weighted by Crippen LogP contribution is -2.36. The number of aryl methyl sites for hydroxylation is 1. The fraction of sp³-hybridized carbons (Fsp3) is 0.667. The number of piperidine rings is 1. The number of aromatic nitrogens is 1. The van der Waals surface area contributed by atoms with Crippen molar-refractivity contribution >= 4 is 5.82 Å². The maximum absolute atomic E-state index is 5.59. The van der Waals surface area contributed by atoms with Crippen molar-refractivity contribution < 1.29 is 4.74 Å². The number of nitrogens with two attached hydrogens (primary N) is 1. The second-order valence-electron chi connectivity index (χ2n) is 5.41. The highest BCUT2D eigenvalue weighted by Crippen LogP contribution is 2.24. The van der Waals surface area contributed by atoms with Gasteiger partial charge in [0.25, 0.3) is 0 Å². The molecule has 0 amide bonds. The quantitative estimate of drug-likeness (QED) is 0.879. The molecule has 0 radical (unpaired) electrons. The van der Waals surface area contributed by atoms with Gasteiger partial charge in [-0.1, -0.05) is 6.07 Å². The highest BCUT2D eigenvalue weighted by molar-refractivity contribution is 5.47. The molecule has 0 spiro atoms. The normalized spacial score (nSPS) is 16.9. The predicted molar refractivity (Wildman–Crippen MR) is 78.5 cm³/mol. The van der Waals surface area contributed by atoms with Crippen molar-refractivity contribution in [2.75, 3.05) is 38.3 Å². The third kappa shape index (κ3) is 3.67. The molecule has 0 saturated carbocycles. The summed E-state index contributed by atoms with van der Waals surface area (Å²) in [6.07, 6.45) is 5.26. The molecule has 1 aromatic rings. The van der Waals surface area contributed by atoms with E-state index in [1.165, 1.54) is 24.0 Å². The number of pyridine rings is 1.